The van der Waals surface area contributed by atoms with E-state index in [0.29, 0.717) is 29.3 Å². The molecular weight excluding hydrogens is 451 g/mol. The van der Waals surface area contributed by atoms with Crippen molar-refractivity contribution in [2.45, 2.75) is 25.9 Å². The molecule has 1 saturated heterocycles. The van der Waals surface area contributed by atoms with Crippen molar-refractivity contribution in [2.75, 3.05) is 24.6 Å². The molecule has 1 N–H and O–H groups in total. The molecule has 0 radical (unpaired) electrons. The monoisotopic (exact) mass is 474 g/mol. The highest BCUT2D eigenvalue weighted by atomic mass is 19.1. The lowest BCUT2D eigenvalue weighted by Gasteiger charge is -2.59. The minimum absolute atomic E-state index is 0.0602. The second-order valence-electron chi connectivity index (χ2n) is 8.91. The second kappa shape index (κ2) is 8.87. The molecule has 1 aliphatic heterocycles. The number of hydrogen-bond acceptors (Lipinski definition) is 7. The highest BCUT2D eigenvalue weighted by Crippen LogP contribution is 2.51. The Kier molecular flexibility index (Phi) is 5.73. The summed E-state index contributed by atoms with van der Waals surface area (Å²) in [5.74, 6) is -0.981. The molecule has 178 valence electrons. The van der Waals surface area contributed by atoms with Crippen LogP contribution < -0.4 is 14.4 Å². The van der Waals surface area contributed by atoms with E-state index >= 15 is 0 Å². The highest BCUT2D eigenvalue weighted by Gasteiger charge is 2.54. The number of nitriles is 1. The Hall–Kier alpha value is -4.19. The lowest BCUT2D eigenvalue weighted by atomic mass is 9.61. The smallest absolute Gasteiger partial charge is 0.358 e. The average molecular weight is 474 g/mol. The van der Waals surface area contributed by atoms with E-state index in [2.05, 4.69) is 20.9 Å². The zero-order valence-electron chi connectivity index (χ0n) is 19.1. The van der Waals surface area contributed by atoms with Gasteiger partial charge in [0.15, 0.2) is 11.4 Å². The number of hydrogen-bond donors (Lipinski definition) is 1. The van der Waals surface area contributed by atoms with Crippen molar-refractivity contribution in [1.82, 2.24) is 9.97 Å². The molecule has 8 nitrogen and oxygen atoms in total. The van der Waals surface area contributed by atoms with E-state index in [9.17, 15) is 19.6 Å². The van der Waals surface area contributed by atoms with Gasteiger partial charge in [0.25, 0.3) is 0 Å². The van der Waals surface area contributed by atoms with Gasteiger partial charge in [-0.1, -0.05) is 0 Å². The number of aromatic nitrogens is 2. The molecule has 2 fully saturated rings. The number of benzene rings is 1. The maximum Gasteiger partial charge on any atom is 0.358 e. The third-order valence-electron chi connectivity index (χ3n) is 6.48. The van der Waals surface area contributed by atoms with Gasteiger partial charge in [-0.25, -0.2) is 19.2 Å². The third-order valence-corrected chi connectivity index (χ3v) is 6.48. The van der Waals surface area contributed by atoms with Crippen molar-refractivity contribution in [3.05, 3.63) is 65.7 Å². The Labute approximate surface area is 201 Å². The van der Waals surface area contributed by atoms with Crippen LogP contribution in [0.4, 0.5) is 10.1 Å². The summed E-state index contributed by atoms with van der Waals surface area (Å²) in [6.07, 6.45) is 3.02. The van der Waals surface area contributed by atoms with Crippen LogP contribution in [0.25, 0.3) is 11.3 Å². The maximum atomic E-state index is 13.4. The Bertz CT molecular complexity index is 1330. The first-order chi connectivity index (χ1) is 16.9. The standard InChI is InChI=1S/C26H23FN4O4/c1-2-34-24-19(4-3-9-29-24)20-6-8-22(23(30-20)25(32)33)35-18-11-26(12-18)14-31(15-26)21-7-5-17(27)10-16(21)13-28/h3-10,18H,2,11-12,14-15H2,1H3,(H,32,33). The molecule has 2 aromatic heterocycles. The molecule has 1 aliphatic carbocycles. The van der Waals surface area contributed by atoms with Gasteiger partial charge in [0, 0.05) is 24.7 Å². The van der Waals surface area contributed by atoms with Crippen LogP contribution in [0.15, 0.2) is 48.7 Å². The molecule has 1 spiro atoms. The minimum Gasteiger partial charge on any atom is -0.488 e. The number of anilines is 1. The number of halogens is 1. The summed E-state index contributed by atoms with van der Waals surface area (Å²) < 4.78 is 25.0. The number of pyridine rings is 2. The van der Waals surface area contributed by atoms with E-state index in [1.54, 1.807) is 36.5 Å². The summed E-state index contributed by atoms with van der Waals surface area (Å²) in [4.78, 5) is 22.5. The summed E-state index contributed by atoms with van der Waals surface area (Å²) in [6, 6.07) is 13.2. The number of carboxylic acid groups (broad SMARTS) is 1. The van der Waals surface area contributed by atoms with Crippen LogP contribution in [0.3, 0.4) is 0 Å². The summed E-state index contributed by atoms with van der Waals surface area (Å²) in [5, 5.41) is 19.1. The van der Waals surface area contributed by atoms with Crippen LogP contribution in [-0.4, -0.2) is 46.8 Å². The normalized spacial score (nSPS) is 16.2. The zero-order chi connectivity index (χ0) is 24.6. The Morgan fingerprint density at radius 1 is 1.29 bits per heavy atom. The van der Waals surface area contributed by atoms with Crippen LogP contribution in [0, 0.1) is 22.6 Å². The molecule has 35 heavy (non-hydrogen) atoms. The predicted octanol–water partition coefficient (Wildman–Crippen LogP) is 4.30. The van der Waals surface area contributed by atoms with Gasteiger partial charge in [0.2, 0.25) is 5.88 Å². The molecular formula is C26H23FN4O4. The number of rotatable bonds is 7. The van der Waals surface area contributed by atoms with Crippen molar-refractivity contribution < 1.29 is 23.8 Å². The first-order valence-corrected chi connectivity index (χ1v) is 11.3. The van der Waals surface area contributed by atoms with Gasteiger partial charge in [0.05, 0.1) is 29.1 Å². The maximum absolute atomic E-state index is 13.4. The Morgan fingerprint density at radius 3 is 2.80 bits per heavy atom. The topological polar surface area (TPSA) is 109 Å². The second-order valence-corrected chi connectivity index (χ2v) is 8.91. The van der Waals surface area contributed by atoms with Gasteiger partial charge in [-0.2, -0.15) is 5.26 Å². The molecule has 0 unspecified atom stereocenters. The number of carboxylic acids is 1. The Morgan fingerprint density at radius 2 is 2.09 bits per heavy atom. The predicted molar refractivity (Wildman–Crippen MR) is 125 cm³/mol. The van der Waals surface area contributed by atoms with Gasteiger partial charge in [-0.05, 0) is 62.2 Å². The highest BCUT2D eigenvalue weighted by molar-refractivity contribution is 5.89. The van der Waals surface area contributed by atoms with Crippen molar-refractivity contribution in [3.8, 4) is 29.0 Å². The number of nitrogens with zero attached hydrogens (tertiary/aromatic N) is 4. The summed E-state index contributed by atoms with van der Waals surface area (Å²) in [6.45, 7) is 3.77. The number of aromatic carboxylic acids is 1. The fourth-order valence-electron chi connectivity index (χ4n) is 4.92. The lowest BCUT2D eigenvalue weighted by molar-refractivity contribution is -0.0345. The molecule has 1 aromatic carbocycles. The fraction of sp³-hybridized carbons (Fsp3) is 0.308. The van der Waals surface area contributed by atoms with E-state index < -0.39 is 11.8 Å². The molecule has 1 saturated carbocycles. The molecule has 0 atom stereocenters. The fourth-order valence-corrected chi connectivity index (χ4v) is 4.92. The van der Waals surface area contributed by atoms with E-state index in [1.807, 2.05) is 6.92 Å². The number of carbonyl (C=O) groups is 1. The lowest BCUT2D eigenvalue weighted by Crippen LogP contribution is -2.65. The van der Waals surface area contributed by atoms with Gasteiger partial charge in [-0.15, -0.1) is 0 Å². The number of ether oxygens (including phenoxy) is 2. The molecule has 9 heteroatoms. The van der Waals surface area contributed by atoms with Gasteiger partial charge in [-0.3, -0.25) is 0 Å². The summed E-state index contributed by atoms with van der Waals surface area (Å²) in [7, 11) is 0. The zero-order valence-corrected chi connectivity index (χ0v) is 19.1. The molecule has 2 aliphatic rings. The van der Waals surface area contributed by atoms with Crippen LogP contribution in [0.5, 0.6) is 11.6 Å². The SMILES string of the molecule is CCOc1ncccc1-c1ccc(OC2CC3(C2)CN(c2ccc(F)cc2C#N)C3)c(C(=O)O)n1. The summed E-state index contributed by atoms with van der Waals surface area (Å²) in [5.41, 5.74) is 2.01. The molecule has 5 rings (SSSR count). The van der Waals surface area contributed by atoms with Crippen molar-refractivity contribution in [3.63, 3.8) is 0 Å². The first kappa shape index (κ1) is 22.6. The van der Waals surface area contributed by atoms with E-state index in [-0.39, 0.29) is 23.0 Å². The van der Waals surface area contributed by atoms with Crippen LogP contribution >= 0.6 is 0 Å². The van der Waals surface area contributed by atoms with Crippen molar-refractivity contribution in [1.29, 1.82) is 5.26 Å². The van der Waals surface area contributed by atoms with E-state index in [1.165, 1.54) is 12.1 Å². The third kappa shape index (κ3) is 4.23. The molecule has 0 amide bonds. The van der Waals surface area contributed by atoms with E-state index in [4.69, 9.17) is 9.47 Å². The van der Waals surface area contributed by atoms with Gasteiger partial charge < -0.3 is 19.5 Å². The molecule has 3 heterocycles. The van der Waals surface area contributed by atoms with Crippen molar-refractivity contribution >= 4 is 11.7 Å². The quantitative estimate of drug-likeness (QED) is 0.540. The van der Waals surface area contributed by atoms with Crippen molar-refractivity contribution in [2.24, 2.45) is 5.41 Å². The minimum atomic E-state index is -1.17. The first-order valence-electron chi connectivity index (χ1n) is 11.3. The molecule has 3 aromatic rings. The molecule has 0 bridgehead atoms. The van der Waals surface area contributed by atoms with Gasteiger partial charge >= 0.3 is 5.97 Å². The largest absolute Gasteiger partial charge is 0.488 e. The summed E-state index contributed by atoms with van der Waals surface area (Å²) >= 11 is 0. The van der Waals surface area contributed by atoms with Crippen LogP contribution in [-0.2, 0) is 0 Å². The Balaban J connectivity index is 1.26. The van der Waals surface area contributed by atoms with Gasteiger partial charge in [0.1, 0.15) is 18.0 Å². The van der Waals surface area contributed by atoms with Crippen LogP contribution in [0.1, 0.15) is 35.8 Å². The van der Waals surface area contributed by atoms with Crippen LogP contribution in [0.2, 0.25) is 0 Å². The van der Waals surface area contributed by atoms with E-state index in [0.717, 1.165) is 31.6 Å². The average Bonchev–Trinajstić information content (AvgIpc) is 2.80.